The lowest BCUT2D eigenvalue weighted by Gasteiger charge is -2.22. The molecule has 0 saturated carbocycles. The van der Waals surface area contributed by atoms with Crippen LogP contribution in [0.4, 0.5) is 0 Å². The van der Waals surface area contributed by atoms with Gasteiger partial charge in [-0.25, -0.2) is 8.42 Å². The van der Waals surface area contributed by atoms with Crippen molar-refractivity contribution in [3.8, 4) is 0 Å². The third kappa shape index (κ3) is 40.5. The molecule has 0 bridgehead atoms. The first-order valence-corrected chi connectivity index (χ1v) is 24.7. The van der Waals surface area contributed by atoms with Crippen LogP contribution in [0.15, 0.2) is 0 Å². The molecular weight excluding hydrogens is 671 g/mol. The molecule has 0 aliphatic heterocycles. The fourth-order valence-electron chi connectivity index (χ4n) is 6.75. The first-order valence-electron chi connectivity index (χ1n) is 22.6. The Bertz CT molecular complexity index is 821. The molecule has 0 aliphatic carbocycles. The van der Waals surface area contributed by atoms with Gasteiger partial charge in [-0.3, -0.25) is 4.79 Å². The van der Waals surface area contributed by atoms with Gasteiger partial charge in [0.05, 0.1) is 12.4 Å². The van der Waals surface area contributed by atoms with E-state index in [4.69, 9.17) is 14.2 Å². The minimum atomic E-state index is -2.93. The first-order chi connectivity index (χ1) is 25.3. The second kappa shape index (κ2) is 40.0. The van der Waals surface area contributed by atoms with Crippen molar-refractivity contribution in [2.24, 2.45) is 0 Å². The number of hydrogen-bond acceptors (Lipinski definition) is 7. The fourth-order valence-corrected chi connectivity index (χ4v) is 7.40. The first kappa shape index (κ1) is 51.3. The molecule has 0 saturated heterocycles. The van der Waals surface area contributed by atoms with E-state index >= 15 is 0 Å². The zero-order valence-electron chi connectivity index (χ0n) is 35.3. The number of rotatable bonds is 43. The third-order valence-electron chi connectivity index (χ3n) is 10.1. The molecule has 0 radical (unpaired) electrons. The Morgan fingerprint density at radius 1 is 0.481 bits per heavy atom. The quantitative estimate of drug-likeness (QED) is 0.0348. The highest BCUT2D eigenvalue weighted by Crippen LogP contribution is 2.15. The van der Waals surface area contributed by atoms with Crippen LogP contribution in [0.25, 0.3) is 0 Å². The molecule has 0 amide bonds. The van der Waals surface area contributed by atoms with Crippen LogP contribution in [0.5, 0.6) is 0 Å². The Kier molecular flexibility index (Phi) is 39.4. The van der Waals surface area contributed by atoms with Gasteiger partial charge >= 0.3 is 5.97 Å². The van der Waals surface area contributed by atoms with E-state index in [1.165, 1.54) is 115 Å². The van der Waals surface area contributed by atoms with E-state index in [-0.39, 0.29) is 18.0 Å². The fraction of sp³-hybridized carbons (Fsp3) is 0.977. The summed E-state index contributed by atoms with van der Waals surface area (Å²) in [5.74, 6) is 0.220. The van der Waals surface area contributed by atoms with Crippen molar-refractivity contribution in [3.05, 3.63) is 0 Å². The third-order valence-corrected chi connectivity index (χ3v) is 11.2. The van der Waals surface area contributed by atoms with Gasteiger partial charge in [0.2, 0.25) is 0 Å². The minimum Gasteiger partial charge on any atom is -0.466 e. The maximum atomic E-state index is 12.1. The molecule has 52 heavy (non-hydrogen) atoms. The molecule has 0 aliphatic rings. The highest BCUT2D eigenvalue weighted by molar-refractivity contribution is 7.90. The Balaban J connectivity index is 4.31. The van der Waals surface area contributed by atoms with Gasteiger partial charge in [0, 0.05) is 25.9 Å². The number of sulfone groups is 1. The van der Waals surface area contributed by atoms with E-state index < -0.39 is 9.84 Å². The minimum absolute atomic E-state index is 0.0417. The zero-order valence-corrected chi connectivity index (χ0v) is 36.1. The molecule has 0 heterocycles. The van der Waals surface area contributed by atoms with Gasteiger partial charge in [-0.05, 0) is 77.4 Å². The van der Waals surface area contributed by atoms with Crippen LogP contribution >= 0.6 is 0 Å². The predicted molar refractivity (Wildman–Crippen MR) is 223 cm³/mol. The summed E-state index contributed by atoms with van der Waals surface area (Å²) in [6, 6.07) is 0. The van der Waals surface area contributed by atoms with Crippen LogP contribution in [0.3, 0.4) is 0 Å². The molecule has 0 spiro atoms. The van der Waals surface area contributed by atoms with E-state index in [0.29, 0.717) is 19.4 Å². The molecule has 0 aromatic rings. The smallest absolute Gasteiger partial charge is 0.305 e. The maximum absolute atomic E-state index is 12.1. The van der Waals surface area contributed by atoms with E-state index in [2.05, 4.69) is 25.7 Å². The van der Waals surface area contributed by atoms with Gasteiger partial charge in [-0.1, -0.05) is 156 Å². The number of hydrogen-bond donors (Lipinski definition) is 0. The highest BCUT2D eigenvalue weighted by Gasteiger charge is 2.11. The van der Waals surface area contributed by atoms with Gasteiger partial charge < -0.3 is 19.1 Å². The summed E-state index contributed by atoms with van der Waals surface area (Å²) in [6.07, 6.45) is 37.4. The summed E-state index contributed by atoms with van der Waals surface area (Å²) in [6.45, 7) is 11.8. The van der Waals surface area contributed by atoms with Gasteiger partial charge in [0.1, 0.15) is 9.84 Å². The number of unbranched alkanes of at least 4 members (excludes halogenated alkanes) is 23. The summed E-state index contributed by atoms with van der Waals surface area (Å²) in [5.41, 5.74) is 0. The normalized spacial score (nSPS) is 12.0. The summed E-state index contributed by atoms with van der Waals surface area (Å²) < 4.78 is 41.4. The zero-order chi connectivity index (χ0) is 38.2. The van der Waals surface area contributed by atoms with Crippen molar-refractivity contribution in [3.63, 3.8) is 0 Å². The number of ether oxygens (including phenoxy) is 3. The van der Waals surface area contributed by atoms with Gasteiger partial charge in [0.25, 0.3) is 0 Å². The second-order valence-electron chi connectivity index (χ2n) is 15.6. The van der Waals surface area contributed by atoms with Crippen molar-refractivity contribution < 1.29 is 27.4 Å². The maximum Gasteiger partial charge on any atom is 0.305 e. The Labute approximate surface area is 324 Å². The lowest BCUT2D eigenvalue weighted by atomic mass is 10.1. The SMILES string of the molecule is CCCCCCCCCOC(=O)CCCCCCCN(CCCCCCC(OCCCCCCCC)OCCCCCCCC)CCCS(C)(=O)=O. The molecule has 0 unspecified atom stereocenters. The molecular formula is C44H89NO6S. The van der Waals surface area contributed by atoms with Crippen molar-refractivity contribution in [1.82, 2.24) is 4.90 Å². The van der Waals surface area contributed by atoms with Crippen molar-refractivity contribution in [1.29, 1.82) is 0 Å². The van der Waals surface area contributed by atoms with Crippen molar-refractivity contribution in [2.45, 2.75) is 226 Å². The average Bonchev–Trinajstić information content (AvgIpc) is 3.11. The monoisotopic (exact) mass is 760 g/mol. The predicted octanol–water partition coefficient (Wildman–Crippen LogP) is 12.4. The number of nitrogens with zero attached hydrogens (tertiary/aromatic N) is 1. The van der Waals surface area contributed by atoms with E-state index in [9.17, 15) is 13.2 Å². The molecule has 0 atom stereocenters. The van der Waals surface area contributed by atoms with Crippen LogP contribution in [-0.4, -0.2) is 77.0 Å². The largest absolute Gasteiger partial charge is 0.466 e. The molecule has 312 valence electrons. The number of esters is 1. The van der Waals surface area contributed by atoms with Gasteiger partial charge in [0.15, 0.2) is 6.29 Å². The topological polar surface area (TPSA) is 82.1 Å². The highest BCUT2D eigenvalue weighted by atomic mass is 32.2. The van der Waals surface area contributed by atoms with Crippen LogP contribution in [-0.2, 0) is 28.8 Å². The summed E-state index contributed by atoms with van der Waals surface area (Å²) in [7, 11) is -2.93. The van der Waals surface area contributed by atoms with Crippen LogP contribution in [0.1, 0.15) is 220 Å². The Morgan fingerprint density at radius 2 is 0.865 bits per heavy atom. The average molecular weight is 760 g/mol. The van der Waals surface area contributed by atoms with E-state index in [0.717, 1.165) is 110 Å². The molecule has 0 rings (SSSR count). The second-order valence-corrected chi connectivity index (χ2v) is 17.9. The van der Waals surface area contributed by atoms with Crippen LogP contribution in [0.2, 0.25) is 0 Å². The van der Waals surface area contributed by atoms with E-state index in [1.54, 1.807) is 0 Å². The lowest BCUT2D eigenvalue weighted by Crippen LogP contribution is -2.28. The van der Waals surface area contributed by atoms with Gasteiger partial charge in [-0.2, -0.15) is 0 Å². The summed E-state index contributed by atoms with van der Waals surface area (Å²) in [4.78, 5) is 14.5. The molecule has 7 nitrogen and oxygen atoms in total. The van der Waals surface area contributed by atoms with E-state index in [1.807, 2.05) is 0 Å². The molecule has 0 N–H and O–H groups in total. The van der Waals surface area contributed by atoms with Gasteiger partial charge in [-0.15, -0.1) is 0 Å². The molecule has 0 aromatic carbocycles. The van der Waals surface area contributed by atoms with Crippen molar-refractivity contribution in [2.75, 3.05) is 51.5 Å². The van der Waals surface area contributed by atoms with Crippen LogP contribution < -0.4 is 0 Å². The molecule has 8 heteroatoms. The Hall–Kier alpha value is -0.700. The van der Waals surface area contributed by atoms with Crippen molar-refractivity contribution >= 4 is 15.8 Å². The lowest BCUT2D eigenvalue weighted by molar-refractivity contribution is -0.148. The summed E-state index contributed by atoms with van der Waals surface area (Å²) in [5, 5.41) is 0. The number of carbonyl (C=O) groups is 1. The Morgan fingerprint density at radius 3 is 1.35 bits per heavy atom. The van der Waals surface area contributed by atoms with Crippen LogP contribution in [0, 0.1) is 0 Å². The molecule has 0 fully saturated rings. The summed E-state index contributed by atoms with van der Waals surface area (Å²) >= 11 is 0. The standard InChI is InChI=1S/C44H89NO6S/c1-5-8-11-14-17-25-30-39-49-43(46)34-26-19-18-21-28-36-45(38-33-42-52(4,47)48)37-29-22-20-27-35-44(50-40-31-23-15-12-9-6-2)51-41-32-24-16-13-10-7-3/h44H,5-42H2,1-4H3. The number of carbonyl (C=O) groups excluding carboxylic acids is 1. The molecule has 0 aromatic heterocycles.